The van der Waals surface area contributed by atoms with E-state index in [4.69, 9.17) is 4.74 Å². The minimum atomic E-state index is -1.20. The highest BCUT2D eigenvalue weighted by Gasteiger charge is 2.14. The fourth-order valence-corrected chi connectivity index (χ4v) is 1.70. The fraction of sp³-hybridized carbons (Fsp3) is 0.143. The quantitative estimate of drug-likeness (QED) is 0.680. The van der Waals surface area contributed by atoms with Crippen LogP contribution in [0.1, 0.15) is 11.7 Å². The van der Waals surface area contributed by atoms with E-state index in [1.165, 1.54) is 24.3 Å². The topological polar surface area (TPSA) is 72.6 Å². The van der Waals surface area contributed by atoms with Crippen LogP contribution in [0.25, 0.3) is 0 Å². The average molecular weight is 295 g/mol. The molecule has 0 amide bonds. The molecular formula is C14H11F2NO4. The Bertz CT molecular complexity index is 663. The number of ether oxygens (including phenoxy) is 1. The molecule has 1 atom stereocenters. The van der Waals surface area contributed by atoms with E-state index in [0.29, 0.717) is 0 Å². The van der Waals surface area contributed by atoms with Crippen LogP contribution in [-0.4, -0.2) is 16.6 Å². The van der Waals surface area contributed by atoms with Gasteiger partial charge in [-0.15, -0.1) is 0 Å². The van der Waals surface area contributed by atoms with E-state index < -0.39 is 22.7 Å². The number of benzene rings is 2. The Morgan fingerprint density at radius 2 is 2.00 bits per heavy atom. The molecule has 0 aliphatic rings. The molecule has 1 unspecified atom stereocenters. The number of hydrogen-bond donors (Lipinski definition) is 1. The third-order valence-corrected chi connectivity index (χ3v) is 2.76. The summed E-state index contributed by atoms with van der Waals surface area (Å²) in [6.07, 6.45) is -1.20. The van der Waals surface area contributed by atoms with E-state index in [9.17, 15) is 24.0 Å². The molecule has 2 rings (SSSR count). The predicted molar refractivity (Wildman–Crippen MR) is 69.9 cm³/mol. The number of nitro benzene ring substituents is 1. The second kappa shape index (κ2) is 6.27. The maximum absolute atomic E-state index is 13.3. The van der Waals surface area contributed by atoms with Gasteiger partial charge in [-0.05, 0) is 17.7 Å². The van der Waals surface area contributed by atoms with Crippen LogP contribution in [0, 0.1) is 21.7 Å². The molecular weight excluding hydrogens is 284 g/mol. The van der Waals surface area contributed by atoms with Gasteiger partial charge in [0, 0.05) is 18.2 Å². The van der Waals surface area contributed by atoms with Crippen LogP contribution in [0.15, 0.2) is 42.5 Å². The van der Waals surface area contributed by atoms with Crippen LogP contribution in [-0.2, 0) is 0 Å². The Hall–Kier alpha value is -2.54. The lowest BCUT2D eigenvalue weighted by atomic mass is 10.1. The summed E-state index contributed by atoms with van der Waals surface area (Å²) < 4.78 is 31.3. The first-order valence-electron chi connectivity index (χ1n) is 5.97. The molecule has 0 radical (unpaired) electrons. The Kier molecular flexibility index (Phi) is 4.44. The van der Waals surface area contributed by atoms with Gasteiger partial charge in [-0.1, -0.05) is 12.1 Å². The lowest BCUT2D eigenvalue weighted by Crippen LogP contribution is -2.10. The predicted octanol–water partition coefficient (Wildman–Crippen LogP) is 2.99. The van der Waals surface area contributed by atoms with Gasteiger partial charge in [0.15, 0.2) is 11.6 Å². The van der Waals surface area contributed by atoms with Crippen molar-refractivity contribution in [2.24, 2.45) is 0 Å². The summed E-state index contributed by atoms with van der Waals surface area (Å²) in [4.78, 5) is 10.0. The molecule has 0 heterocycles. The Morgan fingerprint density at radius 3 is 2.71 bits per heavy atom. The number of nitro groups is 1. The highest BCUT2D eigenvalue weighted by molar-refractivity contribution is 5.35. The van der Waals surface area contributed by atoms with E-state index in [-0.39, 0.29) is 23.6 Å². The Labute approximate surface area is 118 Å². The lowest BCUT2D eigenvalue weighted by molar-refractivity contribution is -0.385. The lowest BCUT2D eigenvalue weighted by Gasteiger charge is -2.13. The summed E-state index contributed by atoms with van der Waals surface area (Å²) in [5.41, 5.74) is 0.0736. The minimum absolute atomic E-state index is 0.177. The molecule has 0 saturated carbocycles. The van der Waals surface area contributed by atoms with Crippen molar-refractivity contribution >= 4 is 5.69 Å². The number of aliphatic hydroxyl groups is 1. The number of hydrogen-bond acceptors (Lipinski definition) is 4. The van der Waals surface area contributed by atoms with Gasteiger partial charge in [0.25, 0.3) is 5.69 Å². The monoisotopic (exact) mass is 295 g/mol. The summed E-state index contributed by atoms with van der Waals surface area (Å²) in [5.74, 6) is -1.77. The van der Waals surface area contributed by atoms with E-state index in [1.807, 2.05) is 0 Å². The molecule has 21 heavy (non-hydrogen) atoms. The van der Waals surface area contributed by atoms with E-state index in [2.05, 4.69) is 0 Å². The molecule has 7 heteroatoms. The van der Waals surface area contributed by atoms with Crippen molar-refractivity contribution in [3.8, 4) is 5.75 Å². The van der Waals surface area contributed by atoms with Gasteiger partial charge in [0.05, 0.1) is 4.92 Å². The molecule has 1 N–H and O–H groups in total. The van der Waals surface area contributed by atoms with Crippen LogP contribution in [0.3, 0.4) is 0 Å². The van der Waals surface area contributed by atoms with Gasteiger partial charge >= 0.3 is 0 Å². The van der Waals surface area contributed by atoms with Crippen LogP contribution >= 0.6 is 0 Å². The first-order valence-corrected chi connectivity index (χ1v) is 5.97. The molecule has 2 aromatic rings. The zero-order valence-electron chi connectivity index (χ0n) is 10.7. The van der Waals surface area contributed by atoms with Crippen LogP contribution in [0.2, 0.25) is 0 Å². The van der Waals surface area contributed by atoms with Crippen molar-refractivity contribution in [1.82, 2.24) is 0 Å². The van der Waals surface area contributed by atoms with Crippen molar-refractivity contribution in [3.63, 3.8) is 0 Å². The van der Waals surface area contributed by atoms with Crippen molar-refractivity contribution in [2.45, 2.75) is 6.10 Å². The molecule has 110 valence electrons. The molecule has 5 nitrogen and oxygen atoms in total. The first-order chi connectivity index (χ1) is 9.97. The van der Waals surface area contributed by atoms with Crippen molar-refractivity contribution in [1.29, 1.82) is 0 Å². The second-order valence-corrected chi connectivity index (χ2v) is 4.25. The molecule has 0 saturated heterocycles. The number of nitrogens with zero attached hydrogens (tertiary/aromatic N) is 1. The number of non-ortho nitro benzene ring substituents is 1. The summed E-state index contributed by atoms with van der Waals surface area (Å²) >= 11 is 0. The van der Waals surface area contributed by atoms with Crippen molar-refractivity contribution in [3.05, 3.63) is 69.8 Å². The molecule has 2 aromatic carbocycles. The normalized spacial score (nSPS) is 12.0. The smallest absolute Gasteiger partial charge is 0.269 e. The molecule has 0 aromatic heterocycles. The Morgan fingerprint density at radius 1 is 1.24 bits per heavy atom. The highest BCUT2D eigenvalue weighted by Crippen LogP contribution is 2.22. The van der Waals surface area contributed by atoms with Crippen LogP contribution in [0.4, 0.5) is 14.5 Å². The van der Waals surface area contributed by atoms with Gasteiger partial charge in [0.2, 0.25) is 0 Å². The van der Waals surface area contributed by atoms with Gasteiger partial charge < -0.3 is 9.84 Å². The first kappa shape index (κ1) is 14.9. The summed E-state index contributed by atoms with van der Waals surface area (Å²) in [6.45, 7) is -0.360. The average Bonchev–Trinajstić information content (AvgIpc) is 2.48. The molecule has 0 bridgehead atoms. The van der Waals surface area contributed by atoms with Crippen LogP contribution < -0.4 is 4.74 Å². The van der Waals surface area contributed by atoms with E-state index in [1.54, 1.807) is 0 Å². The third kappa shape index (κ3) is 3.73. The zero-order valence-corrected chi connectivity index (χ0v) is 10.7. The number of rotatable bonds is 5. The maximum atomic E-state index is 13.3. The molecule has 0 aliphatic carbocycles. The number of halogens is 2. The van der Waals surface area contributed by atoms with Crippen molar-refractivity contribution in [2.75, 3.05) is 6.61 Å². The van der Waals surface area contributed by atoms with Gasteiger partial charge in [-0.2, -0.15) is 0 Å². The van der Waals surface area contributed by atoms with Gasteiger partial charge in [0.1, 0.15) is 18.5 Å². The summed E-state index contributed by atoms with van der Waals surface area (Å²) in [7, 11) is 0. The summed E-state index contributed by atoms with van der Waals surface area (Å²) in [5, 5.41) is 20.5. The second-order valence-electron chi connectivity index (χ2n) is 4.25. The SMILES string of the molecule is O=[N+]([O-])c1cccc(C(O)COc2cc(F)ccc2F)c1. The van der Waals surface area contributed by atoms with Gasteiger partial charge in [-0.3, -0.25) is 10.1 Å². The van der Waals surface area contributed by atoms with E-state index >= 15 is 0 Å². The standard InChI is InChI=1S/C14H11F2NO4/c15-10-4-5-12(16)14(7-10)21-8-13(18)9-2-1-3-11(6-9)17(19)20/h1-7,13,18H,8H2. The number of aliphatic hydroxyl groups excluding tert-OH is 1. The molecule has 0 aliphatic heterocycles. The maximum Gasteiger partial charge on any atom is 0.269 e. The summed E-state index contributed by atoms with van der Waals surface area (Å²) in [6, 6.07) is 8.07. The van der Waals surface area contributed by atoms with Crippen molar-refractivity contribution < 1.29 is 23.5 Å². The fourth-order valence-electron chi connectivity index (χ4n) is 1.70. The van der Waals surface area contributed by atoms with E-state index in [0.717, 1.165) is 18.2 Å². The molecule has 0 spiro atoms. The minimum Gasteiger partial charge on any atom is -0.487 e. The largest absolute Gasteiger partial charge is 0.487 e. The Balaban J connectivity index is 2.08. The zero-order chi connectivity index (χ0) is 15.4. The third-order valence-electron chi connectivity index (χ3n) is 2.76. The van der Waals surface area contributed by atoms with Crippen LogP contribution in [0.5, 0.6) is 5.75 Å². The highest BCUT2D eigenvalue weighted by atomic mass is 19.1. The van der Waals surface area contributed by atoms with Gasteiger partial charge in [-0.25, -0.2) is 8.78 Å². The molecule has 0 fully saturated rings.